The number of anilines is 2. The number of carbonyl (C=O) groups excluding carboxylic acids is 1. The maximum absolute atomic E-state index is 12.9. The average Bonchev–Trinajstić information content (AvgIpc) is 2.61. The molecule has 0 saturated heterocycles. The monoisotopic (exact) mass is 394 g/mol. The largest absolute Gasteiger partial charge is 0.362 e. The average molecular weight is 394 g/mol. The number of nitrogens with one attached hydrogen (secondary N) is 1. The van der Waals surface area contributed by atoms with Gasteiger partial charge in [0, 0.05) is 12.2 Å². The lowest BCUT2D eigenvalue weighted by atomic mass is 9.99. The Balaban J connectivity index is 1.79. The third-order valence-corrected chi connectivity index (χ3v) is 5.92. The highest BCUT2D eigenvalue weighted by atomic mass is 32.2. The number of para-hydroxylation sites is 1. The molecule has 0 aliphatic carbocycles. The number of amides is 1. The maximum atomic E-state index is 12.9. The normalized spacial score (nSPS) is 14.1. The van der Waals surface area contributed by atoms with E-state index < -0.39 is 26.4 Å². The highest BCUT2D eigenvalue weighted by molar-refractivity contribution is 7.91. The van der Waals surface area contributed by atoms with Crippen molar-refractivity contribution < 1.29 is 22.0 Å². The van der Waals surface area contributed by atoms with Gasteiger partial charge in [-0.1, -0.05) is 29.8 Å². The number of aryl methyl sites for hydroxylation is 2. The number of hydrogen-bond acceptors (Lipinski definition) is 4. The van der Waals surface area contributed by atoms with Crippen molar-refractivity contribution in [1.82, 2.24) is 0 Å². The highest BCUT2D eigenvalue weighted by Gasteiger charge is 2.29. The van der Waals surface area contributed by atoms with Crippen molar-refractivity contribution in [2.24, 2.45) is 0 Å². The molecule has 1 aliphatic rings. The summed E-state index contributed by atoms with van der Waals surface area (Å²) in [4.78, 5) is 13.8. The third-order valence-electron chi connectivity index (χ3n) is 4.49. The lowest BCUT2D eigenvalue weighted by Gasteiger charge is -2.31. The van der Waals surface area contributed by atoms with E-state index in [0.29, 0.717) is 6.54 Å². The van der Waals surface area contributed by atoms with Crippen LogP contribution in [0.15, 0.2) is 47.4 Å². The lowest BCUT2D eigenvalue weighted by molar-refractivity contribution is -0.115. The molecule has 0 radical (unpaired) electrons. The van der Waals surface area contributed by atoms with E-state index in [1.807, 2.05) is 24.0 Å². The molecule has 1 N–H and O–H groups in total. The van der Waals surface area contributed by atoms with Crippen LogP contribution in [0.25, 0.3) is 0 Å². The van der Waals surface area contributed by atoms with Crippen LogP contribution in [-0.4, -0.2) is 33.2 Å². The van der Waals surface area contributed by atoms with Crippen LogP contribution in [-0.2, 0) is 21.1 Å². The Morgan fingerprint density at radius 3 is 2.70 bits per heavy atom. The molecule has 3 rings (SSSR count). The smallest absolute Gasteiger partial charge is 0.341 e. The summed E-state index contributed by atoms with van der Waals surface area (Å²) in [5.74, 6) is -4.01. The van der Waals surface area contributed by atoms with Crippen LogP contribution in [0.1, 0.15) is 17.5 Å². The van der Waals surface area contributed by atoms with E-state index in [1.54, 1.807) is 0 Å². The molecule has 144 valence electrons. The van der Waals surface area contributed by atoms with Gasteiger partial charge in [-0.15, -0.1) is 0 Å². The summed E-state index contributed by atoms with van der Waals surface area (Å²) in [5.41, 5.74) is 3.14. The van der Waals surface area contributed by atoms with Crippen LogP contribution < -0.4 is 10.2 Å². The Morgan fingerprint density at radius 1 is 1.22 bits per heavy atom. The molecule has 0 saturated carbocycles. The summed E-state index contributed by atoms with van der Waals surface area (Å²) in [5, 5.41) is 2.47. The fourth-order valence-corrected chi connectivity index (χ4v) is 4.13. The molecule has 2 aromatic carbocycles. The van der Waals surface area contributed by atoms with Crippen LogP contribution in [0.5, 0.6) is 0 Å². The van der Waals surface area contributed by atoms with Crippen LogP contribution in [0, 0.1) is 6.92 Å². The van der Waals surface area contributed by atoms with E-state index in [0.717, 1.165) is 35.7 Å². The summed E-state index contributed by atoms with van der Waals surface area (Å²) in [6.07, 6.45) is 1.84. The Labute approximate surface area is 156 Å². The van der Waals surface area contributed by atoms with Gasteiger partial charge in [0.2, 0.25) is 15.7 Å². The first-order chi connectivity index (χ1) is 12.8. The fourth-order valence-electron chi connectivity index (χ4n) is 3.25. The second-order valence-electron chi connectivity index (χ2n) is 6.51. The third kappa shape index (κ3) is 4.10. The number of nitrogens with zero attached hydrogens (tertiary/aromatic N) is 1. The number of rotatable bonds is 5. The van der Waals surface area contributed by atoms with E-state index in [-0.39, 0.29) is 12.2 Å². The van der Waals surface area contributed by atoms with Gasteiger partial charge in [0.1, 0.15) is 0 Å². The zero-order chi connectivity index (χ0) is 19.6. The molecule has 0 unspecified atom stereocenters. The molecule has 0 fully saturated rings. The molecule has 0 bridgehead atoms. The van der Waals surface area contributed by atoms with Crippen molar-refractivity contribution in [2.75, 3.05) is 23.3 Å². The van der Waals surface area contributed by atoms with Gasteiger partial charge in [-0.2, -0.15) is 8.78 Å². The van der Waals surface area contributed by atoms with Gasteiger partial charge in [0.05, 0.1) is 17.1 Å². The van der Waals surface area contributed by atoms with E-state index in [2.05, 4.69) is 11.4 Å². The molecular formula is C19H20F2N2O3S. The summed E-state index contributed by atoms with van der Waals surface area (Å²) in [6.45, 7) is 2.71. The topological polar surface area (TPSA) is 66.5 Å². The number of fused-ring (bicyclic) bond motifs is 1. The number of alkyl halides is 2. The van der Waals surface area contributed by atoms with Gasteiger partial charge in [0.15, 0.2) is 0 Å². The van der Waals surface area contributed by atoms with Crippen molar-refractivity contribution in [1.29, 1.82) is 0 Å². The van der Waals surface area contributed by atoms with Gasteiger partial charge < -0.3 is 10.2 Å². The summed E-state index contributed by atoms with van der Waals surface area (Å²) < 4.78 is 49.4. The van der Waals surface area contributed by atoms with Crippen molar-refractivity contribution in [2.45, 2.75) is 30.4 Å². The summed E-state index contributed by atoms with van der Waals surface area (Å²) >= 11 is 0. The van der Waals surface area contributed by atoms with Crippen LogP contribution >= 0.6 is 0 Å². The quantitative estimate of drug-likeness (QED) is 0.844. The zero-order valence-electron chi connectivity index (χ0n) is 14.8. The van der Waals surface area contributed by atoms with Crippen molar-refractivity contribution >= 4 is 27.1 Å². The molecule has 5 nitrogen and oxygen atoms in total. The maximum Gasteiger partial charge on any atom is 0.341 e. The van der Waals surface area contributed by atoms with Gasteiger partial charge in [0.25, 0.3) is 0 Å². The minimum atomic E-state index is -4.80. The molecule has 1 heterocycles. The zero-order valence-corrected chi connectivity index (χ0v) is 15.6. The van der Waals surface area contributed by atoms with Gasteiger partial charge >= 0.3 is 5.76 Å². The molecule has 0 aromatic heterocycles. The number of carbonyl (C=O) groups is 1. The van der Waals surface area contributed by atoms with Gasteiger partial charge in [-0.3, -0.25) is 4.79 Å². The first-order valence-electron chi connectivity index (χ1n) is 8.54. The standard InChI is InChI=1S/C19H20F2N2O3S/c1-13-8-9-16-14(11-13)5-4-10-23(16)12-18(24)22-15-6-2-3-7-17(15)27(25,26)19(20)21/h2-3,6-9,11,19H,4-5,10,12H2,1H3,(H,22,24). The lowest BCUT2D eigenvalue weighted by Crippen LogP contribution is -2.37. The van der Waals surface area contributed by atoms with Crippen LogP contribution in [0.3, 0.4) is 0 Å². The molecule has 0 atom stereocenters. The van der Waals surface area contributed by atoms with Gasteiger partial charge in [-0.25, -0.2) is 8.42 Å². The molecule has 2 aromatic rings. The molecule has 1 aliphatic heterocycles. The molecule has 0 spiro atoms. The first-order valence-corrected chi connectivity index (χ1v) is 10.1. The number of hydrogen-bond donors (Lipinski definition) is 1. The minimum Gasteiger partial charge on any atom is -0.362 e. The fraction of sp³-hybridized carbons (Fsp3) is 0.316. The Morgan fingerprint density at radius 2 is 1.96 bits per heavy atom. The molecule has 8 heteroatoms. The van der Waals surface area contributed by atoms with Crippen molar-refractivity contribution in [3.05, 3.63) is 53.6 Å². The second kappa shape index (κ2) is 7.64. The van der Waals surface area contributed by atoms with E-state index in [1.165, 1.54) is 18.2 Å². The summed E-state index contributed by atoms with van der Waals surface area (Å²) in [6, 6.07) is 11.2. The predicted octanol–water partition coefficient (Wildman–Crippen LogP) is 3.38. The minimum absolute atomic E-state index is 0.0130. The summed E-state index contributed by atoms with van der Waals surface area (Å²) in [7, 11) is -4.80. The van der Waals surface area contributed by atoms with Gasteiger partial charge in [-0.05, 0) is 43.5 Å². The van der Waals surface area contributed by atoms with Crippen LogP contribution in [0.2, 0.25) is 0 Å². The van der Waals surface area contributed by atoms with E-state index >= 15 is 0 Å². The Bertz CT molecular complexity index is 961. The first kappa shape index (κ1) is 19.3. The van der Waals surface area contributed by atoms with E-state index in [4.69, 9.17) is 0 Å². The highest BCUT2D eigenvalue weighted by Crippen LogP contribution is 2.29. The number of benzene rings is 2. The Kier molecular flexibility index (Phi) is 5.46. The second-order valence-corrected chi connectivity index (χ2v) is 8.39. The predicted molar refractivity (Wildman–Crippen MR) is 100.0 cm³/mol. The van der Waals surface area contributed by atoms with Crippen LogP contribution in [0.4, 0.5) is 20.2 Å². The molecular weight excluding hydrogens is 374 g/mol. The number of sulfone groups is 1. The van der Waals surface area contributed by atoms with Crippen molar-refractivity contribution in [3.8, 4) is 0 Å². The van der Waals surface area contributed by atoms with Crippen molar-refractivity contribution in [3.63, 3.8) is 0 Å². The SMILES string of the molecule is Cc1ccc2c(c1)CCCN2CC(=O)Nc1ccccc1S(=O)(=O)C(F)F. The number of halogens is 2. The molecule has 27 heavy (non-hydrogen) atoms. The molecule has 1 amide bonds. The Hall–Kier alpha value is -2.48. The van der Waals surface area contributed by atoms with E-state index in [9.17, 15) is 22.0 Å².